The molecule has 2 aromatic carbocycles. The van der Waals surface area contributed by atoms with E-state index in [2.05, 4.69) is 0 Å². The maximum atomic E-state index is 12.4. The van der Waals surface area contributed by atoms with E-state index in [1.165, 1.54) is 0 Å². The van der Waals surface area contributed by atoms with Gasteiger partial charge in [0.15, 0.2) is 0 Å². The van der Waals surface area contributed by atoms with Gasteiger partial charge in [0.05, 0.1) is 10.7 Å². The van der Waals surface area contributed by atoms with Crippen molar-refractivity contribution in [2.24, 2.45) is 0 Å². The van der Waals surface area contributed by atoms with Crippen LogP contribution in [0, 0.1) is 0 Å². The largest absolute Gasteiger partial charge is 0.398 e. The molecule has 3 nitrogen and oxygen atoms in total. The SMILES string of the molecule is Nc1cc(CN2CCc3ccccc3C2=O)ccc1Cl. The molecule has 0 spiro atoms. The molecule has 0 radical (unpaired) electrons. The Morgan fingerprint density at radius 1 is 1.20 bits per heavy atom. The van der Waals surface area contributed by atoms with Gasteiger partial charge in [0.1, 0.15) is 0 Å². The second kappa shape index (κ2) is 5.17. The molecule has 0 atom stereocenters. The van der Waals surface area contributed by atoms with Crippen LogP contribution in [0.1, 0.15) is 21.5 Å². The number of nitrogens with two attached hydrogens (primary N) is 1. The Bertz CT molecular complexity index is 669. The Hall–Kier alpha value is -2.00. The quantitative estimate of drug-likeness (QED) is 0.862. The third-order valence-corrected chi connectivity index (χ3v) is 3.96. The molecule has 20 heavy (non-hydrogen) atoms. The van der Waals surface area contributed by atoms with Crippen LogP contribution in [-0.4, -0.2) is 17.4 Å². The standard InChI is InChI=1S/C16H15ClN2O/c17-14-6-5-11(9-15(14)18)10-19-8-7-12-3-1-2-4-13(12)16(19)20/h1-6,9H,7-8,10,18H2. The van der Waals surface area contributed by atoms with E-state index in [1.54, 1.807) is 6.07 Å². The van der Waals surface area contributed by atoms with Crippen LogP contribution in [-0.2, 0) is 13.0 Å². The number of benzene rings is 2. The fraction of sp³-hybridized carbons (Fsp3) is 0.188. The van der Waals surface area contributed by atoms with Crippen molar-refractivity contribution in [1.82, 2.24) is 4.90 Å². The monoisotopic (exact) mass is 286 g/mol. The van der Waals surface area contributed by atoms with E-state index in [0.717, 1.165) is 29.7 Å². The lowest BCUT2D eigenvalue weighted by Crippen LogP contribution is -2.36. The summed E-state index contributed by atoms with van der Waals surface area (Å²) in [5.74, 6) is 0.0837. The minimum atomic E-state index is 0.0837. The summed E-state index contributed by atoms with van der Waals surface area (Å²) >= 11 is 5.91. The van der Waals surface area contributed by atoms with Crippen LogP contribution >= 0.6 is 11.6 Å². The van der Waals surface area contributed by atoms with Crippen LogP contribution in [0.2, 0.25) is 5.02 Å². The Kier molecular flexibility index (Phi) is 3.36. The van der Waals surface area contributed by atoms with E-state index in [0.29, 0.717) is 17.3 Å². The smallest absolute Gasteiger partial charge is 0.254 e. The van der Waals surface area contributed by atoms with Crippen LogP contribution in [0.3, 0.4) is 0 Å². The zero-order valence-electron chi connectivity index (χ0n) is 11.0. The van der Waals surface area contributed by atoms with E-state index in [1.807, 2.05) is 41.3 Å². The number of carbonyl (C=O) groups excluding carboxylic acids is 1. The summed E-state index contributed by atoms with van der Waals surface area (Å²) in [5.41, 5.74) is 9.29. The first-order valence-electron chi connectivity index (χ1n) is 6.56. The fourth-order valence-corrected chi connectivity index (χ4v) is 2.65. The van der Waals surface area contributed by atoms with Crippen LogP contribution in [0.5, 0.6) is 0 Å². The molecule has 4 heteroatoms. The van der Waals surface area contributed by atoms with Gasteiger partial charge in [-0.05, 0) is 35.7 Å². The second-order valence-electron chi connectivity index (χ2n) is 4.99. The maximum absolute atomic E-state index is 12.4. The molecular formula is C16H15ClN2O. The van der Waals surface area contributed by atoms with E-state index < -0.39 is 0 Å². The lowest BCUT2D eigenvalue weighted by atomic mass is 9.98. The van der Waals surface area contributed by atoms with Crippen LogP contribution in [0.15, 0.2) is 42.5 Å². The van der Waals surface area contributed by atoms with E-state index in [9.17, 15) is 4.79 Å². The van der Waals surface area contributed by atoms with Crippen molar-refractivity contribution in [2.45, 2.75) is 13.0 Å². The maximum Gasteiger partial charge on any atom is 0.254 e. The van der Waals surface area contributed by atoms with Gasteiger partial charge in [-0.3, -0.25) is 4.79 Å². The highest BCUT2D eigenvalue weighted by molar-refractivity contribution is 6.33. The normalized spacial score (nSPS) is 14.2. The predicted molar refractivity (Wildman–Crippen MR) is 80.8 cm³/mol. The molecule has 1 aliphatic heterocycles. The summed E-state index contributed by atoms with van der Waals surface area (Å²) in [6, 6.07) is 13.3. The molecule has 1 amide bonds. The molecule has 2 aromatic rings. The van der Waals surface area contributed by atoms with E-state index in [4.69, 9.17) is 17.3 Å². The summed E-state index contributed by atoms with van der Waals surface area (Å²) in [6.45, 7) is 1.30. The first kappa shape index (κ1) is 13.0. The summed E-state index contributed by atoms with van der Waals surface area (Å²) in [5, 5.41) is 0.545. The predicted octanol–water partition coefficient (Wildman–Crippen LogP) is 3.12. The molecule has 0 aromatic heterocycles. The lowest BCUT2D eigenvalue weighted by molar-refractivity contribution is 0.0727. The van der Waals surface area contributed by atoms with Gasteiger partial charge in [-0.25, -0.2) is 0 Å². The lowest BCUT2D eigenvalue weighted by Gasteiger charge is -2.28. The Morgan fingerprint density at radius 2 is 2.00 bits per heavy atom. The molecule has 1 heterocycles. The van der Waals surface area contributed by atoms with Gasteiger partial charge in [0.25, 0.3) is 5.91 Å². The van der Waals surface area contributed by atoms with Crippen molar-refractivity contribution in [1.29, 1.82) is 0 Å². The molecule has 0 fully saturated rings. The van der Waals surface area contributed by atoms with Crippen LogP contribution in [0.4, 0.5) is 5.69 Å². The number of nitrogen functional groups attached to an aromatic ring is 1. The number of hydrogen-bond donors (Lipinski definition) is 1. The van der Waals surface area contributed by atoms with Crippen molar-refractivity contribution in [3.8, 4) is 0 Å². The van der Waals surface area contributed by atoms with Gasteiger partial charge in [0.2, 0.25) is 0 Å². The van der Waals surface area contributed by atoms with Crippen molar-refractivity contribution in [3.63, 3.8) is 0 Å². The van der Waals surface area contributed by atoms with E-state index in [-0.39, 0.29) is 5.91 Å². The van der Waals surface area contributed by atoms with Gasteiger partial charge in [0, 0.05) is 18.7 Å². The summed E-state index contributed by atoms with van der Waals surface area (Å²) < 4.78 is 0. The number of halogens is 1. The van der Waals surface area contributed by atoms with Gasteiger partial charge >= 0.3 is 0 Å². The van der Waals surface area contributed by atoms with E-state index >= 15 is 0 Å². The van der Waals surface area contributed by atoms with Crippen LogP contribution in [0.25, 0.3) is 0 Å². The topological polar surface area (TPSA) is 46.3 Å². The molecule has 2 N–H and O–H groups in total. The summed E-state index contributed by atoms with van der Waals surface area (Å²) in [7, 11) is 0. The molecule has 3 rings (SSSR count). The molecule has 1 aliphatic rings. The zero-order valence-corrected chi connectivity index (χ0v) is 11.7. The highest BCUT2D eigenvalue weighted by atomic mass is 35.5. The average Bonchev–Trinajstić information content (AvgIpc) is 2.46. The van der Waals surface area contributed by atoms with Crippen molar-refractivity contribution in [2.75, 3.05) is 12.3 Å². The Morgan fingerprint density at radius 3 is 2.80 bits per heavy atom. The molecule has 0 saturated heterocycles. The number of hydrogen-bond acceptors (Lipinski definition) is 2. The van der Waals surface area contributed by atoms with Crippen molar-refractivity contribution >= 4 is 23.2 Å². The van der Waals surface area contributed by atoms with Crippen LogP contribution < -0.4 is 5.73 Å². The van der Waals surface area contributed by atoms with Gasteiger partial charge in [-0.15, -0.1) is 0 Å². The highest BCUT2D eigenvalue weighted by Gasteiger charge is 2.23. The van der Waals surface area contributed by atoms with Gasteiger partial charge in [-0.1, -0.05) is 35.9 Å². The average molecular weight is 287 g/mol. The number of amides is 1. The third kappa shape index (κ3) is 2.37. The zero-order chi connectivity index (χ0) is 14.1. The highest BCUT2D eigenvalue weighted by Crippen LogP contribution is 2.23. The second-order valence-corrected chi connectivity index (χ2v) is 5.40. The van der Waals surface area contributed by atoms with Gasteiger partial charge in [-0.2, -0.15) is 0 Å². The van der Waals surface area contributed by atoms with Crippen molar-refractivity contribution in [3.05, 3.63) is 64.2 Å². The third-order valence-electron chi connectivity index (χ3n) is 3.62. The number of nitrogens with zero attached hydrogens (tertiary/aromatic N) is 1. The summed E-state index contributed by atoms with van der Waals surface area (Å²) in [6.07, 6.45) is 0.894. The van der Waals surface area contributed by atoms with Gasteiger partial charge < -0.3 is 10.6 Å². The fourth-order valence-electron chi connectivity index (χ4n) is 2.54. The molecular weight excluding hydrogens is 272 g/mol. The minimum Gasteiger partial charge on any atom is -0.398 e. The molecule has 0 aliphatic carbocycles. The molecule has 0 saturated carbocycles. The number of fused-ring (bicyclic) bond motifs is 1. The molecule has 102 valence electrons. The number of carbonyl (C=O) groups is 1. The number of rotatable bonds is 2. The first-order chi connectivity index (χ1) is 9.65. The Balaban J connectivity index is 1.83. The molecule has 0 bridgehead atoms. The first-order valence-corrected chi connectivity index (χ1v) is 6.94. The summed E-state index contributed by atoms with van der Waals surface area (Å²) in [4.78, 5) is 14.3. The minimum absolute atomic E-state index is 0.0837. The molecule has 0 unspecified atom stereocenters. The Labute approximate surface area is 123 Å². The number of anilines is 1. The van der Waals surface area contributed by atoms with Crippen molar-refractivity contribution < 1.29 is 4.79 Å².